The Kier molecular flexibility index (Phi) is 6.93. The number of furan rings is 1. The Balaban J connectivity index is 1.28. The van der Waals surface area contributed by atoms with Crippen LogP contribution in [0.5, 0.6) is 0 Å². The van der Waals surface area contributed by atoms with E-state index in [1.807, 2.05) is 30.3 Å². The number of nitrogens with one attached hydrogen (secondary N) is 2. The third-order valence-corrected chi connectivity index (χ3v) is 5.18. The molecule has 4 rings (SSSR count). The summed E-state index contributed by atoms with van der Waals surface area (Å²) in [7, 11) is 0. The molecule has 0 radical (unpaired) electrons. The number of anilines is 1. The highest BCUT2D eigenvalue weighted by Gasteiger charge is 2.26. The van der Waals surface area contributed by atoms with Crippen LogP contribution in [0.1, 0.15) is 39.4 Å². The van der Waals surface area contributed by atoms with Crippen molar-refractivity contribution < 1.29 is 23.5 Å². The lowest BCUT2D eigenvalue weighted by Crippen LogP contribution is -2.47. The average Bonchev–Trinajstić information content (AvgIpc) is 3.39. The predicted octanol–water partition coefficient (Wildman–Crippen LogP) is 2.85. The van der Waals surface area contributed by atoms with E-state index in [9.17, 15) is 14.4 Å². The van der Waals surface area contributed by atoms with Crippen LogP contribution in [0.25, 0.3) is 0 Å². The minimum absolute atomic E-state index is 0.00195. The minimum Gasteiger partial charge on any atom is -0.459 e. The van der Waals surface area contributed by atoms with Gasteiger partial charge in [0, 0.05) is 31.5 Å². The lowest BCUT2D eigenvalue weighted by Gasteiger charge is -2.31. The van der Waals surface area contributed by atoms with Crippen LogP contribution in [0.15, 0.2) is 65.5 Å². The van der Waals surface area contributed by atoms with Gasteiger partial charge in [-0.25, -0.2) is 14.8 Å². The summed E-state index contributed by atoms with van der Waals surface area (Å²) in [6.07, 6.45) is 4.90. The largest absolute Gasteiger partial charge is 0.459 e. The Bertz CT molecular complexity index is 1100. The maximum Gasteiger partial charge on any atom is 0.410 e. The zero-order valence-electron chi connectivity index (χ0n) is 17.8. The quantitative estimate of drug-likeness (QED) is 0.592. The molecule has 1 aliphatic heterocycles. The summed E-state index contributed by atoms with van der Waals surface area (Å²) in [6.45, 7) is 1.14. The first kappa shape index (κ1) is 22.0. The van der Waals surface area contributed by atoms with Crippen molar-refractivity contribution in [3.05, 3.63) is 78.1 Å². The number of carbonyl (C=O) groups is 3. The van der Waals surface area contributed by atoms with Gasteiger partial charge in [-0.05, 0) is 30.5 Å². The molecule has 0 bridgehead atoms. The van der Waals surface area contributed by atoms with Gasteiger partial charge >= 0.3 is 6.09 Å². The van der Waals surface area contributed by atoms with Crippen molar-refractivity contribution in [2.45, 2.75) is 25.5 Å². The number of piperidine rings is 1. The predicted molar refractivity (Wildman–Crippen MR) is 117 cm³/mol. The molecule has 1 aliphatic rings. The van der Waals surface area contributed by atoms with E-state index >= 15 is 0 Å². The van der Waals surface area contributed by atoms with Crippen molar-refractivity contribution in [2.75, 3.05) is 18.4 Å². The number of benzene rings is 1. The molecule has 33 heavy (non-hydrogen) atoms. The smallest absolute Gasteiger partial charge is 0.410 e. The molecule has 2 N–H and O–H groups in total. The molecule has 0 saturated carbocycles. The number of hydrogen-bond acceptors (Lipinski definition) is 7. The van der Waals surface area contributed by atoms with Gasteiger partial charge in [-0.3, -0.25) is 9.59 Å². The summed E-state index contributed by atoms with van der Waals surface area (Å²) in [5.74, 6) is -0.850. The Morgan fingerprint density at radius 3 is 2.48 bits per heavy atom. The molecule has 3 heterocycles. The van der Waals surface area contributed by atoms with Crippen LogP contribution in [0.2, 0.25) is 0 Å². The number of rotatable bonds is 6. The summed E-state index contributed by atoms with van der Waals surface area (Å²) >= 11 is 0. The molecule has 1 aromatic carbocycles. The first-order valence-electron chi connectivity index (χ1n) is 10.5. The van der Waals surface area contributed by atoms with Crippen LogP contribution in [0.3, 0.4) is 0 Å². The fraction of sp³-hybridized carbons (Fsp3) is 0.261. The van der Waals surface area contributed by atoms with Crippen LogP contribution >= 0.6 is 0 Å². The van der Waals surface area contributed by atoms with E-state index in [2.05, 4.69) is 20.6 Å². The Hall–Kier alpha value is -4.21. The molecule has 0 spiro atoms. The van der Waals surface area contributed by atoms with Gasteiger partial charge < -0.3 is 24.7 Å². The lowest BCUT2D eigenvalue weighted by atomic mass is 10.1. The maximum absolute atomic E-state index is 12.8. The highest BCUT2D eigenvalue weighted by molar-refractivity contribution is 6.06. The lowest BCUT2D eigenvalue weighted by molar-refractivity contribution is 0.0807. The molecule has 3 amide bonds. The van der Waals surface area contributed by atoms with E-state index in [1.54, 1.807) is 11.0 Å². The van der Waals surface area contributed by atoms with Crippen molar-refractivity contribution in [2.24, 2.45) is 0 Å². The number of likely N-dealkylation sites (tertiary alicyclic amines) is 1. The first-order valence-corrected chi connectivity index (χ1v) is 10.5. The molecule has 0 atom stereocenters. The minimum atomic E-state index is -0.531. The topological polar surface area (TPSA) is 127 Å². The van der Waals surface area contributed by atoms with E-state index in [4.69, 9.17) is 9.15 Å². The van der Waals surface area contributed by atoms with Gasteiger partial charge in [-0.15, -0.1) is 0 Å². The van der Waals surface area contributed by atoms with E-state index < -0.39 is 11.8 Å². The third-order valence-electron chi connectivity index (χ3n) is 5.18. The van der Waals surface area contributed by atoms with E-state index in [0.717, 1.165) is 5.56 Å². The zero-order chi connectivity index (χ0) is 23.0. The molecule has 0 unspecified atom stereocenters. The molecule has 10 nitrogen and oxygen atoms in total. The Labute approximate surface area is 190 Å². The van der Waals surface area contributed by atoms with Gasteiger partial charge in [0.05, 0.1) is 6.26 Å². The zero-order valence-corrected chi connectivity index (χ0v) is 17.8. The van der Waals surface area contributed by atoms with Crippen LogP contribution in [-0.2, 0) is 11.3 Å². The molecule has 10 heteroatoms. The molecule has 170 valence electrons. The second-order valence-electron chi connectivity index (χ2n) is 7.46. The number of ether oxygens (including phenoxy) is 1. The van der Waals surface area contributed by atoms with Crippen molar-refractivity contribution in [3.63, 3.8) is 0 Å². The third kappa shape index (κ3) is 5.73. The number of aromatic nitrogens is 2. The van der Waals surface area contributed by atoms with Gasteiger partial charge in [0.1, 0.15) is 6.61 Å². The number of nitrogens with zero attached hydrogens (tertiary/aromatic N) is 3. The summed E-state index contributed by atoms with van der Waals surface area (Å²) in [6, 6.07) is 12.4. The van der Waals surface area contributed by atoms with Gasteiger partial charge in [0.2, 0.25) is 0 Å². The van der Waals surface area contributed by atoms with E-state index in [-0.39, 0.29) is 36.0 Å². The molecule has 3 aromatic rings. The molecule has 0 aliphatic carbocycles. The van der Waals surface area contributed by atoms with E-state index in [0.29, 0.717) is 25.9 Å². The van der Waals surface area contributed by atoms with Gasteiger partial charge in [0.25, 0.3) is 11.8 Å². The normalized spacial score (nSPS) is 13.9. The second kappa shape index (κ2) is 10.4. The van der Waals surface area contributed by atoms with Crippen molar-refractivity contribution >= 4 is 23.7 Å². The van der Waals surface area contributed by atoms with Crippen molar-refractivity contribution in [1.82, 2.24) is 20.2 Å². The van der Waals surface area contributed by atoms with Gasteiger partial charge in [-0.2, -0.15) is 0 Å². The highest BCUT2D eigenvalue weighted by Crippen LogP contribution is 2.15. The number of hydrogen-bond donors (Lipinski definition) is 2. The average molecular weight is 449 g/mol. The maximum atomic E-state index is 12.8. The fourth-order valence-electron chi connectivity index (χ4n) is 3.44. The summed E-state index contributed by atoms with van der Waals surface area (Å²) in [5.41, 5.74) is 0.925. The summed E-state index contributed by atoms with van der Waals surface area (Å²) in [4.78, 5) is 47.1. The van der Waals surface area contributed by atoms with Crippen molar-refractivity contribution in [1.29, 1.82) is 0 Å². The van der Waals surface area contributed by atoms with E-state index in [1.165, 1.54) is 24.7 Å². The van der Waals surface area contributed by atoms with Gasteiger partial charge in [-0.1, -0.05) is 30.3 Å². The SMILES string of the molecule is O=C(Nc1nccnc1C(=O)NC1CCN(C(=O)OCc2ccccc2)CC1)c1ccco1. The highest BCUT2D eigenvalue weighted by atomic mass is 16.6. The standard InChI is InChI=1S/C23H23N5O5/c29-21(18-7-4-14-32-18)27-20-19(24-10-11-25-20)22(30)26-17-8-12-28(13-9-17)23(31)33-15-16-5-2-1-3-6-16/h1-7,10-11,14,17H,8-9,12-13,15H2,(H,26,30)(H,25,27,29). The number of carbonyl (C=O) groups excluding carboxylic acids is 3. The fourth-order valence-corrected chi connectivity index (χ4v) is 3.44. The summed E-state index contributed by atoms with van der Waals surface area (Å²) in [5, 5.41) is 5.45. The van der Waals surface area contributed by atoms with Gasteiger partial charge in [0.15, 0.2) is 17.3 Å². The summed E-state index contributed by atoms with van der Waals surface area (Å²) < 4.78 is 10.4. The Morgan fingerprint density at radius 2 is 1.76 bits per heavy atom. The van der Waals surface area contributed by atoms with Crippen LogP contribution in [0.4, 0.5) is 10.6 Å². The molecule has 1 saturated heterocycles. The molecular weight excluding hydrogens is 426 g/mol. The monoisotopic (exact) mass is 449 g/mol. The number of amides is 3. The molecular formula is C23H23N5O5. The van der Waals surface area contributed by atoms with Crippen LogP contribution < -0.4 is 10.6 Å². The molecule has 1 fully saturated rings. The first-order chi connectivity index (χ1) is 16.1. The van der Waals surface area contributed by atoms with Crippen molar-refractivity contribution in [3.8, 4) is 0 Å². The van der Waals surface area contributed by atoms with Crippen LogP contribution in [-0.4, -0.2) is 51.9 Å². The van der Waals surface area contributed by atoms with Crippen LogP contribution in [0, 0.1) is 0 Å². The Morgan fingerprint density at radius 1 is 1.00 bits per heavy atom. The second-order valence-corrected chi connectivity index (χ2v) is 7.46. The molecule has 2 aromatic heterocycles.